The molecule has 2 amide bonds. The van der Waals surface area contributed by atoms with Crippen LogP contribution in [0.15, 0.2) is 77.7 Å². The first-order valence-corrected chi connectivity index (χ1v) is 16.4. The topological polar surface area (TPSA) is 177 Å². The van der Waals surface area contributed by atoms with Crippen LogP contribution in [0.1, 0.15) is 36.8 Å². The number of fused-ring (bicyclic) bond motifs is 2. The average Bonchev–Trinajstić information content (AvgIpc) is 3.05. The number of nitrogens with one attached hydrogen (secondary N) is 2. The van der Waals surface area contributed by atoms with Crippen LogP contribution in [0, 0.1) is 16.0 Å². The standard InChI is InChI=1S/C32H36N4O9S/c1-44-17-9-8-16-32(24-10-2-5-13-27(24)45-28-14-6-3-11-25(28)32)21-33-30(37)22-18-23(20-35(19-22)31(38)39)34-46(42,43)29-15-7-4-12-26(29)36(40)41/h2-7,10-15,22-23,34H,8-9,16-21H2,1H3,(H,33,37)(H,38,39)/t22-,23+/m0/s1. The molecule has 2 heterocycles. The van der Waals surface area contributed by atoms with E-state index in [0.717, 1.165) is 41.0 Å². The predicted molar refractivity (Wildman–Crippen MR) is 167 cm³/mol. The van der Waals surface area contributed by atoms with Gasteiger partial charge in [-0.3, -0.25) is 14.9 Å². The van der Waals surface area contributed by atoms with E-state index in [-0.39, 0.29) is 26.1 Å². The highest BCUT2D eigenvalue weighted by Gasteiger charge is 2.43. The first kappa shape index (κ1) is 32.9. The summed E-state index contributed by atoms with van der Waals surface area (Å²) >= 11 is 0. The number of methoxy groups -OCH3 is 1. The zero-order chi connectivity index (χ0) is 32.9. The quantitative estimate of drug-likeness (QED) is 0.146. The number of likely N-dealkylation sites (tertiary alicyclic amines) is 1. The Hall–Kier alpha value is -4.53. The molecule has 3 aromatic carbocycles. The molecule has 0 unspecified atom stereocenters. The lowest BCUT2D eigenvalue weighted by atomic mass is 9.69. The third kappa shape index (κ3) is 6.83. The molecule has 46 heavy (non-hydrogen) atoms. The van der Waals surface area contributed by atoms with Gasteiger partial charge in [-0.15, -0.1) is 0 Å². The molecule has 3 aromatic rings. The molecular weight excluding hydrogens is 616 g/mol. The Morgan fingerprint density at radius 3 is 2.28 bits per heavy atom. The van der Waals surface area contributed by atoms with Crippen LogP contribution < -0.4 is 14.8 Å². The van der Waals surface area contributed by atoms with Crippen LogP contribution in [0.5, 0.6) is 11.5 Å². The molecule has 1 saturated heterocycles. The van der Waals surface area contributed by atoms with Crippen LogP contribution in [-0.2, 0) is 25.0 Å². The summed E-state index contributed by atoms with van der Waals surface area (Å²) in [7, 11) is -2.78. The molecule has 0 spiro atoms. The van der Waals surface area contributed by atoms with Gasteiger partial charge in [-0.2, -0.15) is 0 Å². The Kier molecular flexibility index (Phi) is 9.89. The molecule has 2 aliphatic rings. The number of nitro groups is 1. The van der Waals surface area contributed by atoms with E-state index in [1.807, 2.05) is 48.5 Å². The summed E-state index contributed by atoms with van der Waals surface area (Å²) in [5, 5.41) is 24.4. The molecule has 0 radical (unpaired) electrons. The number of carbonyl (C=O) groups is 2. The Morgan fingerprint density at radius 2 is 1.65 bits per heavy atom. The number of benzene rings is 3. The minimum Gasteiger partial charge on any atom is -0.465 e. The summed E-state index contributed by atoms with van der Waals surface area (Å²) in [5.41, 5.74) is 0.557. The SMILES string of the molecule is COCCCCC1(CNC(=O)[C@H]2C[C@@H](NS(=O)(=O)c3ccccc3[N+](=O)[O-])CN(C(=O)O)C2)c2ccccc2Oc2ccccc21. The summed E-state index contributed by atoms with van der Waals surface area (Å²) in [6.07, 6.45) is 0.937. The van der Waals surface area contributed by atoms with Gasteiger partial charge in [0.15, 0.2) is 4.90 Å². The number of unbranched alkanes of at least 4 members (excludes halogenated alkanes) is 1. The second-order valence-electron chi connectivity index (χ2n) is 11.5. The van der Waals surface area contributed by atoms with E-state index in [9.17, 15) is 33.2 Å². The molecule has 3 N–H and O–H groups in total. The van der Waals surface area contributed by atoms with Gasteiger partial charge >= 0.3 is 6.09 Å². The monoisotopic (exact) mass is 652 g/mol. The second kappa shape index (κ2) is 13.8. The van der Waals surface area contributed by atoms with Crippen molar-refractivity contribution < 1.29 is 37.5 Å². The Balaban J connectivity index is 1.40. The van der Waals surface area contributed by atoms with Crippen molar-refractivity contribution in [2.75, 3.05) is 33.4 Å². The maximum absolute atomic E-state index is 13.8. The van der Waals surface area contributed by atoms with Crippen molar-refractivity contribution in [1.82, 2.24) is 14.9 Å². The van der Waals surface area contributed by atoms with E-state index in [0.29, 0.717) is 24.5 Å². The fraction of sp³-hybridized carbons (Fsp3) is 0.375. The Morgan fingerprint density at radius 1 is 1.02 bits per heavy atom. The molecule has 2 atom stereocenters. The van der Waals surface area contributed by atoms with Crippen molar-refractivity contribution in [3.8, 4) is 11.5 Å². The van der Waals surface area contributed by atoms with Crippen molar-refractivity contribution in [2.24, 2.45) is 5.92 Å². The van der Waals surface area contributed by atoms with Crippen LogP contribution in [0.25, 0.3) is 0 Å². The van der Waals surface area contributed by atoms with Crippen LogP contribution in [0.3, 0.4) is 0 Å². The molecule has 0 saturated carbocycles. The fourth-order valence-corrected chi connectivity index (χ4v) is 7.83. The lowest BCUT2D eigenvalue weighted by Crippen LogP contribution is -2.56. The van der Waals surface area contributed by atoms with E-state index in [1.54, 1.807) is 7.11 Å². The number of rotatable bonds is 12. The maximum atomic E-state index is 13.8. The number of carboxylic acid groups (broad SMARTS) is 1. The molecule has 244 valence electrons. The van der Waals surface area contributed by atoms with Crippen LogP contribution in [0.2, 0.25) is 0 Å². The van der Waals surface area contributed by atoms with Crippen LogP contribution in [0.4, 0.5) is 10.5 Å². The predicted octanol–water partition coefficient (Wildman–Crippen LogP) is 4.27. The number of carbonyl (C=O) groups excluding carboxylic acids is 1. The summed E-state index contributed by atoms with van der Waals surface area (Å²) in [5.74, 6) is 0.0421. The van der Waals surface area contributed by atoms with E-state index in [1.165, 1.54) is 12.1 Å². The second-order valence-corrected chi connectivity index (χ2v) is 13.2. The Labute approximate surface area is 266 Å². The molecule has 5 rings (SSSR count). The van der Waals surface area contributed by atoms with Crippen LogP contribution >= 0.6 is 0 Å². The number of hydrogen-bond acceptors (Lipinski definition) is 8. The normalized spacial score (nSPS) is 18.5. The van der Waals surface area contributed by atoms with Gasteiger partial charge in [-0.25, -0.2) is 17.9 Å². The third-order valence-corrected chi connectivity index (χ3v) is 10.1. The van der Waals surface area contributed by atoms with E-state index < -0.39 is 54.9 Å². The lowest BCUT2D eigenvalue weighted by Gasteiger charge is -2.41. The largest absolute Gasteiger partial charge is 0.465 e. The van der Waals surface area contributed by atoms with Gasteiger partial charge in [0, 0.05) is 62.0 Å². The van der Waals surface area contributed by atoms with Gasteiger partial charge in [0.1, 0.15) is 11.5 Å². The van der Waals surface area contributed by atoms with Crippen molar-refractivity contribution in [3.05, 3.63) is 94.0 Å². The molecule has 0 aliphatic carbocycles. The number of sulfonamides is 1. The zero-order valence-corrected chi connectivity index (χ0v) is 26.1. The summed E-state index contributed by atoms with van der Waals surface area (Å²) in [4.78, 5) is 37.0. The highest BCUT2D eigenvalue weighted by atomic mass is 32.2. The first-order valence-electron chi connectivity index (χ1n) is 14.9. The van der Waals surface area contributed by atoms with Gasteiger partial charge in [0.2, 0.25) is 15.9 Å². The summed E-state index contributed by atoms with van der Waals surface area (Å²) in [6, 6.07) is 19.2. The van der Waals surface area contributed by atoms with Gasteiger partial charge < -0.3 is 24.8 Å². The summed E-state index contributed by atoms with van der Waals surface area (Å²) < 4.78 is 40.4. The number of nitrogens with zero attached hydrogens (tertiary/aromatic N) is 2. The molecule has 2 aliphatic heterocycles. The Bertz CT molecular complexity index is 1670. The highest BCUT2D eigenvalue weighted by molar-refractivity contribution is 7.89. The van der Waals surface area contributed by atoms with E-state index in [4.69, 9.17) is 9.47 Å². The van der Waals surface area contributed by atoms with Crippen molar-refractivity contribution in [1.29, 1.82) is 0 Å². The van der Waals surface area contributed by atoms with Gasteiger partial charge in [-0.05, 0) is 43.9 Å². The highest BCUT2D eigenvalue weighted by Crippen LogP contribution is 2.50. The number of amides is 2. The molecule has 1 fully saturated rings. The zero-order valence-electron chi connectivity index (χ0n) is 25.3. The minimum atomic E-state index is -4.42. The fourth-order valence-electron chi connectivity index (χ4n) is 6.42. The number of hydrogen-bond donors (Lipinski definition) is 3. The average molecular weight is 653 g/mol. The minimum absolute atomic E-state index is 0.00734. The van der Waals surface area contributed by atoms with Gasteiger partial charge in [-0.1, -0.05) is 48.5 Å². The van der Waals surface area contributed by atoms with Crippen LogP contribution in [-0.4, -0.2) is 74.7 Å². The van der Waals surface area contributed by atoms with Crippen molar-refractivity contribution in [3.63, 3.8) is 0 Å². The number of para-hydroxylation sites is 3. The number of piperidine rings is 1. The van der Waals surface area contributed by atoms with E-state index >= 15 is 0 Å². The maximum Gasteiger partial charge on any atom is 0.407 e. The smallest absolute Gasteiger partial charge is 0.407 e. The van der Waals surface area contributed by atoms with Crippen molar-refractivity contribution >= 4 is 27.7 Å². The third-order valence-electron chi connectivity index (χ3n) is 8.56. The summed E-state index contributed by atoms with van der Waals surface area (Å²) in [6.45, 7) is 0.410. The molecule has 14 heteroatoms. The molecule has 13 nitrogen and oxygen atoms in total. The van der Waals surface area contributed by atoms with Gasteiger partial charge in [0.25, 0.3) is 5.69 Å². The molecular formula is C32H36N4O9S. The number of nitro benzene ring substituents is 1. The first-order chi connectivity index (χ1) is 22.1. The van der Waals surface area contributed by atoms with E-state index in [2.05, 4.69) is 10.0 Å². The number of ether oxygens (including phenoxy) is 2. The molecule has 0 bridgehead atoms. The van der Waals surface area contributed by atoms with Gasteiger partial charge in [0.05, 0.1) is 10.8 Å². The van der Waals surface area contributed by atoms with Crippen molar-refractivity contribution in [2.45, 2.75) is 42.0 Å². The molecule has 0 aromatic heterocycles. The lowest BCUT2D eigenvalue weighted by molar-refractivity contribution is -0.387.